The molecule has 0 saturated carbocycles. The Hall–Kier alpha value is -3.14. The number of nitriles is 1. The molecule has 136 valence electrons. The van der Waals surface area contributed by atoms with Crippen LogP contribution in [-0.4, -0.2) is 34.9 Å². The quantitative estimate of drug-likeness (QED) is 0.775. The number of aromatic nitrogens is 1. The number of fused-ring (bicyclic) bond motifs is 1. The van der Waals surface area contributed by atoms with E-state index in [1.807, 2.05) is 19.9 Å². The molecule has 2 amide bonds. The molecule has 1 heterocycles. The lowest BCUT2D eigenvalue weighted by atomic mass is 10.0. The third-order valence-corrected chi connectivity index (χ3v) is 3.96. The summed E-state index contributed by atoms with van der Waals surface area (Å²) >= 11 is 0. The molecule has 7 heteroatoms. The van der Waals surface area contributed by atoms with Crippen LogP contribution in [0.5, 0.6) is 0 Å². The second-order valence-corrected chi connectivity index (χ2v) is 6.51. The van der Waals surface area contributed by atoms with Crippen LogP contribution in [0.4, 0.5) is 0 Å². The van der Waals surface area contributed by atoms with Crippen LogP contribution in [-0.2, 0) is 4.79 Å². The van der Waals surface area contributed by atoms with Crippen molar-refractivity contribution in [1.29, 1.82) is 5.26 Å². The molecule has 0 radical (unpaired) electrons. The van der Waals surface area contributed by atoms with Gasteiger partial charge in [-0.15, -0.1) is 0 Å². The van der Waals surface area contributed by atoms with Crippen LogP contribution in [0.3, 0.4) is 0 Å². The van der Waals surface area contributed by atoms with Crippen LogP contribution in [0.2, 0.25) is 0 Å². The summed E-state index contributed by atoms with van der Waals surface area (Å²) in [5.41, 5.74) is 1.13. The number of nitrogens with one attached hydrogen (secondary N) is 2. The topological polar surface area (TPSA) is 104 Å². The summed E-state index contributed by atoms with van der Waals surface area (Å²) in [6, 6.07) is 7.91. The Bertz CT molecular complexity index is 877. The zero-order valence-electron chi connectivity index (χ0n) is 15.1. The molecule has 2 rings (SSSR count). The Morgan fingerprint density at radius 1 is 1.23 bits per heavy atom. The predicted octanol–water partition coefficient (Wildman–Crippen LogP) is 2.09. The van der Waals surface area contributed by atoms with Crippen molar-refractivity contribution in [2.24, 2.45) is 5.92 Å². The van der Waals surface area contributed by atoms with E-state index < -0.39 is 6.04 Å². The molecule has 0 aliphatic rings. The Morgan fingerprint density at radius 3 is 2.58 bits per heavy atom. The fourth-order valence-corrected chi connectivity index (χ4v) is 2.75. The molecule has 2 N–H and O–H groups in total. The molecular weight excluding hydrogens is 332 g/mol. The molecule has 0 saturated heterocycles. The lowest BCUT2D eigenvalue weighted by Gasteiger charge is -2.19. The van der Waals surface area contributed by atoms with E-state index in [0.717, 1.165) is 10.9 Å². The highest BCUT2D eigenvalue weighted by Gasteiger charge is 2.22. The van der Waals surface area contributed by atoms with Crippen LogP contribution < -0.4 is 10.6 Å². The molecule has 1 aromatic heterocycles. The smallest absolute Gasteiger partial charge is 0.251 e. The van der Waals surface area contributed by atoms with Gasteiger partial charge in [0.15, 0.2) is 0 Å². The van der Waals surface area contributed by atoms with Gasteiger partial charge >= 0.3 is 0 Å². The molecule has 1 aromatic carbocycles. The monoisotopic (exact) mass is 354 g/mol. The number of nitrogens with zero attached hydrogens (tertiary/aromatic N) is 2. The third kappa shape index (κ3) is 4.48. The van der Waals surface area contributed by atoms with Crippen LogP contribution >= 0.6 is 0 Å². The molecule has 7 nitrogen and oxygen atoms in total. The van der Waals surface area contributed by atoms with E-state index in [4.69, 9.17) is 5.26 Å². The first-order chi connectivity index (χ1) is 12.3. The van der Waals surface area contributed by atoms with E-state index in [9.17, 15) is 14.4 Å². The second-order valence-electron chi connectivity index (χ2n) is 6.51. The molecule has 0 aliphatic heterocycles. The predicted molar refractivity (Wildman–Crippen MR) is 97.6 cm³/mol. The summed E-state index contributed by atoms with van der Waals surface area (Å²) in [6.45, 7) is 5.27. The molecule has 0 aliphatic carbocycles. The van der Waals surface area contributed by atoms with Gasteiger partial charge in [0.25, 0.3) is 5.91 Å². The molecule has 0 fully saturated rings. The second kappa shape index (κ2) is 8.30. The normalized spacial score (nSPS) is 11.8. The average Bonchev–Trinajstić information content (AvgIpc) is 3.01. The summed E-state index contributed by atoms with van der Waals surface area (Å²) in [4.78, 5) is 36.3. The largest absolute Gasteiger partial charge is 0.341 e. The fourth-order valence-electron chi connectivity index (χ4n) is 2.75. The summed E-state index contributed by atoms with van der Waals surface area (Å²) in [5.74, 6) is -0.666. The van der Waals surface area contributed by atoms with Crippen molar-refractivity contribution >= 4 is 28.6 Å². The number of amides is 2. The van der Waals surface area contributed by atoms with Gasteiger partial charge in [0, 0.05) is 24.1 Å². The van der Waals surface area contributed by atoms with Gasteiger partial charge in [0.05, 0.1) is 11.6 Å². The van der Waals surface area contributed by atoms with Gasteiger partial charge in [-0.1, -0.05) is 13.8 Å². The minimum absolute atomic E-state index is 0.103. The van der Waals surface area contributed by atoms with Crippen LogP contribution in [0, 0.1) is 17.2 Å². The van der Waals surface area contributed by atoms with Crippen molar-refractivity contribution in [3.05, 3.63) is 36.0 Å². The number of hydrogen-bond donors (Lipinski definition) is 2. The molecule has 2 aromatic rings. The van der Waals surface area contributed by atoms with Crippen molar-refractivity contribution < 1.29 is 14.4 Å². The minimum atomic E-state index is -0.714. The highest BCUT2D eigenvalue weighted by molar-refractivity contribution is 6.01. The minimum Gasteiger partial charge on any atom is -0.341 e. The molecule has 1 unspecified atom stereocenters. The van der Waals surface area contributed by atoms with Gasteiger partial charge in [-0.25, -0.2) is 0 Å². The van der Waals surface area contributed by atoms with Gasteiger partial charge in [-0.2, -0.15) is 5.26 Å². The van der Waals surface area contributed by atoms with Crippen molar-refractivity contribution in [3.8, 4) is 6.07 Å². The van der Waals surface area contributed by atoms with E-state index in [1.165, 1.54) is 11.5 Å². The number of hydrogen-bond acceptors (Lipinski definition) is 4. The number of carbonyl (C=O) groups excluding carboxylic acids is 3. The van der Waals surface area contributed by atoms with Crippen molar-refractivity contribution in [2.75, 3.05) is 6.54 Å². The van der Waals surface area contributed by atoms with Gasteiger partial charge < -0.3 is 10.6 Å². The van der Waals surface area contributed by atoms with E-state index in [-0.39, 0.29) is 30.2 Å². The van der Waals surface area contributed by atoms with Crippen LogP contribution in [0.15, 0.2) is 30.5 Å². The van der Waals surface area contributed by atoms with Gasteiger partial charge in [0.2, 0.25) is 11.8 Å². The Kier molecular flexibility index (Phi) is 6.12. The van der Waals surface area contributed by atoms with Crippen molar-refractivity contribution in [1.82, 2.24) is 15.2 Å². The molecule has 26 heavy (non-hydrogen) atoms. The zero-order chi connectivity index (χ0) is 19.3. The number of rotatable bonds is 6. The van der Waals surface area contributed by atoms with E-state index >= 15 is 0 Å². The molecule has 0 bridgehead atoms. The maximum Gasteiger partial charge on any atom is 0.251 e. The van der Waals surface area contributed by atoms with Crippen LogP contribution in [0.25, 0.3) is 10.9 Å². The highest BCUT2D eigenvalue weighted by atomic mass is 16.2. The lowest BCUT2D eigenvalue weighted by molar-refractivity contribution is -0.123. The first-order valence-electron chi connectivity index (χ1n) is 8.41. The summed E-state index contributed by atoms with van der Waals surface area (Å²) in [5, 5.41) is 14.6. The summed E-state index contributed by atoms with van der Waals surface area (Å²) in [7, 11) is 0. The van der Waals surface area contributed by atoms with Gasteiger partial charge in [0.1, 0.15) is 12.6 Å². The van der Waals surface area contributed by atoms with E-state index in [1.54, 1.807) is 30.5 Å². The maximum absolute atomic E-state index is 12.6. The number of carbonyl (C=O) groups is 3. The Labute approximate surface area is 152 Å². The highest BCUT2D eigenvalue weighted by Crippen LogP contribution is 2.18. The molecule has 0 spiro atoms. The summed E-state index contributed by atoms with van der Waals surface area (Å²) < 4.78 is 1.51. The lowest BCUT2D eigenvalue weighted by Crippen LogP contribution is -2.47. The van der Waals surface area contributed by atoms with Crippen molar-refractivity contribution in [2.45, 2.75) is 33.2 Å². The maximum atomic E-state index is 12.6. The first kappa shape index (κ1) is 19.2. The average molecular weight is 354 g/mol. The van der Waals surface area contributed by atoms with Crippen LogP contribution in [0.1, 0.15) is 42.3 Å². The molecular formula is C19H22N4O3. The third-order valence-electron chi connectivity index (χ3n) is 3.96. The van der Waals surface area contributed by atoms with E-state index in [0.29, 0.717) is 12.0 Å². The number of benzene rings is 1. The van der Waals surface area contributed by atoms with Gasteiger partial charge in [-0.3, -0.25) is 19.0 Å². The molecule has 1 atom stereocenters. The Balaban J connectivity index is 2.20. The standard InChI is InChI=1S/C19H22N4O3/c1-12(2)10-16(19(26)21-8-7-20)22-18(25)15-4-5-17-14(11-15)6-9-23(17)13(3)24/h4-6,9,11-12,16H,8,10H2,1-3H3,(H,21,26)(H,22,25). The van der Waals surface area contributed by atoms with Crippen molar-refractivity contribution in [3.63, 3.8) is 0 Å². The van der Waals surface area contributed by atoms with Gasteiger partial charge in [-0.05, 0) is 36.6 Å². The Morgan fingerprint density at radius 2 is 1.96 bits per heavy atom. The first-order valence-corrected chi connectivity index (χ1v) is 8.41. The summed E-state index contributed by atoms with van der Waals surface area (Å²) in [6.07, 6.45) is 2.12. The van der Waals surface area contributed by atoms with E-state index in [2.05, 4.69) is 10.6 Å². The fraction of sp³-hybridized carbons (Fsp3) is 0.368. The SMILES string of the molecule is CC(=O)n1ccc2cc(C(=O)NC(CC(C)C)C(=O)NCC#N)ccc21. The zero-order valence-corrected chi connectivity index (χ0v) is 15.1.